The van der Waals surface area contributed by atoms with Gasteiger partial charge in [-0.25, -0.2) is 17.6 Å². The number of hydrogen-bond acceptors (Lipinski definition) is 3. The van der Waals surface area contributed by atoms with Crippen molar-refractivity contribution in [3.05, 3.63) is 30.1 Å². The van der Waals surface area contributed by atoms with Crippen LogP contribution in [0.2, 0.25) is 0 Å². The van der Waals surface area contributed by atoms with Gasteiger partial charge in [0.15, 0.2) is 0 Å². The summed E-state index contributed by atoms with van der Waals surface area (Å²) in [4.78, 5) is 13.6. The van der Waals surface area contributed by atoms with Crippen LogP contribution in [0.3, 0.4) is 0 Å². The lowest BCUT2D eigenvalue weighted by molar-refractivity contribution is 0.172. The minimum Gasteiger partial charge on any atom is -0.338 e. The van der Waals surface area contributed by atoms with E-state index < -0.39 is 15.8 Å². The predicted molar refractivity (Wildman–Crippen MR) is 89.7 cm³/mol. The number of nitrogens with one attached hydrogen (secondary N) is 1. The van der Waals surface area contributed by atoms with Crippen molar-refractivity contribution in [1.29, 1.82) is 0 Å². The van der Waals surface area contributed by atoms with Gasteiger partial charge < -0.3 is 10.2 Å². The standard InChI is InChI=1S/C16H24FN3O3S/c1-2-3-4-8-18-16(21)19-9-11-20(12-10-19)24(22,23)15-7-5-6-14(17)13-15/h5-7,13H,2-4,8-12H2,1H3,(H,18,21). The van der Waals surface area contributed by atoms with Crippen molar-refractivity contribution in [3.63, 3.8) is 0 Å². The quantitative estimate of drug-likeness (QED) is 0.792. The lowest BCUT2D eigenvalue weighted by atomic mass is 10.2. The van der Waals surface area contributed by atoms with Crippen LogP contribution in [0.5, 0.6) is 0 Å². The monoisotopic (exact) mass is 357 g/mol. The topological polar surface area (TPSA) is 69.7 Å². The number of carbonyl (C=O) groups excluding carboxylic acids is 1. The number of amides is 2. The highest BCUT2D eigenvalue weighted by Gasteiger charge is 2.30. The van der Waals surface area contributed by atoms with Gasteiger partial charge in [-0.15, -0.1) is 0 Å². The lowest BCUT2D eigenvalue weighted by Gasteiger charge is -2.34. The summed E-state index contributed by atoms with van der Waals surface area (Å²) in [6, 6.07) is 4.82. The van der Waals surface area contributed by atoms with Crippen molar-refractivity contribution >= 4 is 16.1 Å². The first-order valence-electron chi connectivity index (χ1n) is 8.23. The number of nitrogens with zero attached hydrogens (tertiary/aromatic N) is 2. The van der Waals surface area contributed by atoms with Crippen molar-refractivity contribution in [3.8, 4) is 0 Å². The van der Waals surface area contributed by atoms with Crippen LogP contribution in [-0.2, 0) is 10.0 Å². The van der Waals surface area contributed by atoms with Gasteiger partial charge in [0.1, 0.15) is 5.82 Å². The van der Waals surface area contributed by atoms with Crippen LogP contribution >= 0.6 is 0 Å². The summed E-state index contributed by atoms with van der Waals surface area (Å²) in [6.07, 6.45) is 3.10. The molecule has 0 aromatic heterocycles. The normalized spacial score (nSPS) is 16.2. The van der Waals surface area contributed by atoms with Gasteiger partial charge in [0, 0.05) is 32.7 Å². The number of unbranched alkanes of at least 4 members (excludes halogenated alkanes) is 2. The number of rotatable bonds is 6. The first-order valence-corrected chi connectivity index (χ1v) is 9.67. The summed E-state index contributed by atoms with van der Waals surface area (Å²) < 4.78 is 39.6. The Bertz CT molecular complexity index is 658. The Morgan fingerprint density at radius 2 is 1.92 bits per heavy atom. The number of benzene rings is 1. The maximum absolute atomic E-state index is 13.3. The van der Waals surface area contributed by atoms with E-state index in [1.807, 2.05) is 0 Å². The molecule has 1 aromatic carbocycles. The van der Waals surface area contributed by atoms with Gasteiger partial charge in [-0.3, -0.25) is 0 Å². The minimum atomic E-state index is -3.72. The summed E-state index contributed by atoms with van der Waals surface area (Å²) >= 11 is 0. The number of piperazine rings is 1. The molecule has 8 heteroatoms. The van der Waals surface area contributed by atoms with Crippen LogP contribution in [-0.4, -0.2) is 56.4 Å². The molecule has 0 spiro atoms. The van der Waals surface area contributed by atoms with Crippen molar-refractivity contribution in [2.24, 2.45) is 0 Å². The van der Waals surface area contributed by atoms with Crippen LogP contribution in [0, 0.1) is 5.82 Å². The molecule has 0 radical (unpaired) electrons. The van der Waals surface area contributed by atoms with Crippen LogP contribution in [0.15, 0.2) is 29.2 Å². The van der Waals surface area contributed by atoms with Gasteiger partial charge in [0.2, 0.25) is 10.0 Å². The zero-order chi connectivity index (χ0) is 17.6. The average Bonchev–Trinajstić information content (AvgIpc) is 2.58. The molecule has 1 aromatic rings. The van der Waals surface area contributed by atoms with E-state index in [9.17, 15) is 17.6 Å². The van der Waals surface area contributed by atoms with Crippen molar-refractivity contribution in [2.75, 3.05) is 32.7 Å². The molecule has 0 bridgehead atoms. The number of carbonyl (C=O) groups is 1. The molecule has 24 heavy (non-hydrogen) atoms. The zero-order valence-electron chi connectivity index (χ0n) is 13.9. The first kappa shape index (κ1) is 18.7. The summed E-state index contributed by atoms with van der Waals surface area (Å²) in [5.41, 5.74) is 0. The van der Waals surface area contributed by atoms with E-state index in [2.05, 4.69) is 12.2 Å². The van der Waals surface area contributed by atoms with E-state index in [4.69, 9.17) is 0 Å². The molecule has 1 aliphatic heterocycles. The van der Waals surface area contributed by atoms with Gasteiger partial charge in [0.05, 0.1) is 4.90 Å². The molecular weight excluding hydrogens is 333 g/mol. The van der Waals surface area contributed by atoms with Gasteiger partial charge in [-0.05, 0) is 24.6 Å². The third kappa shape index (κ3) is 4.67. The van der Waals surface area contributed by atoms with E-state index in [0.717, 1.165) is 25.3 Å². The SMILES string of the molecule is CCCCCNC(=O)N1CCN(S(=O)(=O)c2cccc(F)c2)CC1. The highest BCUT2D eigenvalue weighted by molar-refractivity contribution is 7.89. The predicted octanol–water partition coefficient (Wildman–Crippen LogP) is 2.03. The molecule has 1 fully saturated rings. The van der Waals surface area contributed by atoms with Crippen molar-refractivity contribution < 1.29 is 17.6 Å². The van der Waals surface area contributed by atoms with Crippen LogP contribution in [0.4, 0.5) is 9.18 Å². The number of halogens is 1. The Morgan fingerprint density at radius 1 is 1.21 bits per heavy atom. The maximum Gasteiger partial charge on any atom is 0.317 e. The largest absolute Gasteiger partial charge is 0.338 e. The van der Waals surface area contributed by atoms with Crippen molar-refractivity contribution in [1.82, 2.24) is 14.5 Å². The third-order valence-electron chi connectivity index (χ3n) is 4.02. The van der Waals surface area contributed by atoms with E-state index >= 15 is 0 Å². The van der Waals surface area contributed by atoms with E-state index in [0.29, 0.717) is 19.6 Å². The highest BCUT2D eigenvalue weighted by Crippen LogP contribution is 2.18. The number of hydrogen-bond donors (Lipinski definition) is 1. The fourth-order valence-electron chi connectivity index (χ4n) is 2.59. The maximum atomic E-state index is 13.3. The Balaban J connectivity index is 1.89. The van der Waals surface area contributed by atoms with Gasteiger partial charge in [-0.1, -0.05) is 25.8 Å². The summed E-state index contributed by atoms with van der Waals surface area (Å²) in [7, 11) is -3.72. The van der Waals surface area contributed by atoms with E-state index in [-0.39, 0.29) is 24.0 Å². The Morgan fingerprint density at radius 3 is 2.54 bits per heavy atom. The number of sulfonamides is 1. The smallest absolute Gasteiger partial charge is 0.317 e. The van der Waals surface area contributed by atoms with Crippen molar-refractivity contribution in [2.45, 2.75) is 31.1 Å². The minimum absolute atomic E-state index is 0.0556. The third-order valence-corrected chi connectivity index (χ3v) is 5.91. The Hall–Kier alpha value is -1.67. The van der Waals surface area contributed by atoms with Gasteiger partial charge in [-0.2, -0.15) is 4.31 Å². The average molecular weight is 357 g/mol. The second-order valence-corrected chi connectivity index (χ2v) is 7.73. The second-order valence-electron chi connectivity index (χ2n) is 5.79. The fraction of sp³-hybridized carbons (Fsp3) is 0.562. The molecule has 1 saturated heterocycles. The molecule has 0 aliphatic carbocycles. The summed E-state index contributed by atoms with van der Waals surface area (Å²) in [5.74, 6) is -0.582. The summed E-state index contributed by atoms with van der Waals surface area (Å²) in [6.45, 7) is 3.80. The lowest BCUT2D eigenvalue weighted by Crippen LogP contribution is -2.53. The van der Waals surface area contributed by atoms with Crippen LogP contribution < -0.4 is 5.32 Å². The van der Waals surface area contributed by atoms with E-state index in [1.54, 1.807) is 4.90 Å². The molecule has 6 nitrogen and oxygen atoms in total. The molecule has 134 valence electrons. The molecule has 2 amide bonds. The first-order chi connectivity index (χ1) is 11.4. The van der Waals surface area contributed by atoms with Crippen LogP contribution in [0.25, 0.3) is 0 Å². The molecule has 2 rings (SSSR count). The van der Waals surface area contributed by atoms with E-state index in [1.165, 1.54) is 22.5 Å². The zero-order valence-corrected chi connectivity index (χ0v) is 14.7. The molecular formula is C16H24FN3O3S. The molecule has 0 unspecified atom stereocenters. The fourth-order valence-corrected chi connectivity index (χ4v) is 4.04. The molecule has 0 saturated carbocycles. The molecule has 0 atom stereocenters. The Kier molecular flexibility index (Phi) is 6.56. The second kappa shape index (κ2) is 8.43. The van der Waals surface area contributed by atoms with Gasteiger partial charge >= 0.3 is 6.03 Å². The van der Waals surface area contributed by atoms with Crippen LogP contribution in [0.1, 0.15) is 26.2 Å². The highest BCUT2D eigenvalue weighted by atomic mass is 32.2. The molecule has 1 N–H and O–H groups in total. The Labute approximate surface area is 142 Å². The summed E-state index contributed by atoms with van der Waals surface area (Å²) in [5, 5.41) is 2.85. The molecule has 1 aliphatic rings. The number of urea groups is 1. The van der Waals surface area contributed by atoms with Gasteiger partial charge in [0.25, 0.3) is 0 Å². The molecule has 1 heterocycles.